The summed E-state index contributed by atoms with van der Waals surface area (Å²) in [6, 6.07) is 16.1. The van der Waals surface area contributed by atoms with Gasteiger partial charge in [0.25, 0.3) is 0 Å². The molecule has 0 unspecified atom stereocenters. The van der Waals surface area contributed by atoms with Crippen LogP contribution in [0.2, 0.25) is 5.02 Å². The number of rotatable bonds is 4. The highest BCUT2D eigenvalue weighted by Gasteiger charge is 2.10. The van der Waals surface area contributed by atoms with E-state index in [4.69, 9.17) is 23.8 Å². The molecule has 0 radical (unpaired) electrons. The minimum Gasteiger partial charge on any atom is -0.356 e. The van der Waals surface area contributed by atoms with Gasteiger partial charge < -0.3 is 10.6 Å². The third-order valence-electron chi connectivity index (χ3n) is 3.34. The van der Waals surface area contributed by atoms with Crippen molar-refractivity contribution in [3.63, 3.8) is 0 Å². The minimum absolute atomic E-state index is 0.0496. The maximum atomic E-state index is 6.19. The lowest BCUT2D eigenvalue weighted by atomic mass is 10.1. The van der Waals surface area contributed by atoms with E-state index in [0.717, 1.165) is 22.7 Å². The zero-order valence-corrected chi connectivity index (χ0v) is 13.8. The van der Waals surface area contributed by atoms with Gasteiger partial charge in [-0.15, -0.1) is 0 Å². The fourth-order valence-corrected chi connectivity index (χ4v) is 2.69. The smallest absolute Gasteiger partial charge is 0.171 e. The Morgan fingerprint density at radius 2 is 1.81 bits per heavy atom. The molecule has 0 saturated carbocycles. The van der Waals surface area contributed by atoms with E-state index in [0.29, 0.717) is 5.11 Å². The topological polar surface area (TPSA) is 24.1 Å². The van der Waals surface area contributed by atoms with Crippen molar-refractivity contribution in [2.45, 2.75) is 26.3 Å². The molecule has 0 heterocycles. The van der Waals surface area contributed by atoms with E-state index in [1.807, 2.05) is 43.3 Å². The first-order valence-electron chi connectivity index (χ1n) is 7.01. The fraction of sp³-hybridized carbons (Fsp3) is 0.235. The van der Waals surface area contributed by atoms with Gasteiger partial charge in [-0.2, -0.15) is 0 Å². The third kappa shape index (κ3) is 4.45. The molecule has 0 aliphatic rings. The van der Waals surface area contributed by atoms with Gasteiger partial charge in [0.05, 0.1) is 6.04 Å². The van der Waals surface area contributed by atoms with Gasteiger partial charge in [0, 0.05) is 10.7 Å². The van der Waals surface area contributed by atoms with Crippen LogP contribution in [0.5, 0.6) is 0 Å². The predicted molar refractivity (Wildman–Crippen MR) is 95.0 cm³/mol. The Labute approximate surface area is 136 Å². The van der Waals surface area contributed by atoms with E-state index >= 15 is 0 Å². The Kier molecular flexibility index (Phi) is 5.59. The normalized spacial score (nSPS) is 11.8. The third-order valence-corrected chi connectivity index (χ3v) is 3.90. The number of hydrogen-bond acceptors (Lipinski definition) is 1. The van der Waals surface area contributed by atoms with E-state index in [9.17, 15) is 0 Å². The molecule has 0 aliphatic carbocycles. The molecule has 2 aromatic rings. The molecule has 0 saturated heterocycles. The first kappa shape index (κ1) is 15.8. The summed E-state index contributed by atoms with van der Waals surface area (Å²) in [7, 11) is 0. The Morgan fingerprint density at radius 1 is 1.14 bits per heavy atom. The molecule has 0 spiro atoms. The molecule has 2 N–H and O–H groups in total. The number of halogens is 1. The first-order chi connectivity index (χ1) is 10.1. The molecule has 110 valence electrons. The average molecular weight is 319 g/mol. The van der Waals surface area contributed by atoms with Crippen LogP contribution in [-0.2, 0) is 6.42 Å². The highest BCUT2D eigenvalue weighted by molar-refractivity contribution is 7.80. The Morgan fingerprint density at radius 3 is 2.43 bits per heavy atom. The molecule has 2 aromatic carbocycles. The summed E-state index contributed by atoms with van der Waals surface area (Å²) in [6.45, 7) is 4.18. The predicted octanol–water partition coefficient (Wildman–Crippen LogP) is 4.95. The van der Waals surface area contributed by atoms with E-state index in [1.54, 1.807) is 0 Å². The van der Waals surface area contributed by atoms with Gasteiger partial charge in [-0.1, -0.05) is 48.9 Å². The number of thiocarbonyl (C=S) groups is 1. The van der Waals surface area contributed by atoms with Crippen LogP contribution in [-0.4, -0.2) is 5.11 Å². The molecule has 2 nitrogen and oxygen atoms in total. The number of aryl methyl sites for hydroxylation is 1. The van der Waals surface area contributed by atoms with Crippen LogP contribution in [0.15, 0.2) is 48.5 Å². The van der Waals surface area contributed by atoms with E-state index in [-0.39, 0.29) is 6.04 Å². The maximum absolute atomic E-state index is 6.19. The molecule has 0 fully saturated rings. The summed E-state index contributed by atoms with van der Waals surface area (Å²) in [5, 5.41) is 7.77. The second-order valence-corrected chi connectivity index (χ2v) is 5.71. The van der Waals surface area contributed by atoms with E-state index in [2.05, 4.69) is 29.7 Å². The molecule has 21 heavy (non-hydrogen) atoms. The molecule has 0 aliphatic heterocycles. The second kappa shape index (κ2) is 7.43. The molecule has 0 bridgehead atoms. The van der Waals surface area contributed by atoms with E-state index < -0.39 is 0 Å². The lowest BCUT2D eigenvalue weighted by Gasteiger charge is -2.18. The molecule has 0 aromatic heterocycles. The quantitative estimate of drug-likeness (QED) is 0.780. The fourth-order valence-electron chi connectivity index (χ4n) is 2.09. The molecule has 4 heteroatoms. The minimum atomic E-state index is 0.0496. The van der Waals surface area contributed by atoms with Crippen LogP contribution in [0.4, 0.5) is 5.69 Å². The maximum Gasteiger partial charge on any atom is 0.171 e. The molecular weight excluding hydrogens is 300 g/mol. The van der Waals surface area contributed by atoms with Crippen molar-refractivity contribution in [1.82, 2.24) is 5.32 Å². The molecule has 0 amide bonds. The Balaban J connectivity index is 1.96. The van der Waals surface area contributed by atoms with Crippen LogP contribution in [0.25, 0.3) is 0 Å². The average Bonchev–Trinajstić information content (AvgIpc) is 2.48. The molecule has 1 atom stereocenters. The Bertz CT molecular complexity index is 610. The number of hydrogen-bond donors (Lipinski definition) is 2. The van der Waals surface area contributed by atoms with Crippen molar-refractivity contribution in [3.05, 3.63) is 64.7 Å². The number of nitrogens with one attached hydrogen (secondary N) is 2. The van der Waals surface area contributed by atoms with Crippen molar-refractivity contribution in [1.29, 1.82) is 0 Å². The lowest BCUT2D eigenvalue weighted by Crippen LogP contribution is -2.31. The molecule has 2 rings (SSSR count). The van der Waals surface area contributed by atoms with Crippen LogP contribution in [0, 0.1) is 0 Å². The number of benzene rings is 2. The van der Waals surface area contributed by atoms with Crippen LogP contribution in [0.3, 0.4) is 0 Å². The Hall–Kier alpha value is -1.58. The zero-order valence-electron chi connectivity index (χ0n) is 12.2. The van der Waals surface area contributed by atoms with E-state index in [1.165, 1.54) is 5.56 Å². The number of anilines is 1. The van der Waals surface area contributed by atoms with Gasteiger partial charge in [-0.05, 0) is 54.9 Å². The summed E-state index contributed by atoms with van der Waals surface area (Å²) >= 11 is 11.5. The van der Waals surface area contributed by atoms with Crippen LogP contribution in [0.1, 0.15) is 31.0 Å². The highest BCUT2D eigenvalue weighted by Crippen LogP contribution is 2.22. The van der Waals surface area contributed by atoms with Gasteiger partial charge >= 0.3 is 0 Å². The zero-order chi connectivity index (χ0) is 15.2. The summed E-state index contributed by atoms with van der Waals surface area (Å²) in [5.74, 6) is 0. The van der Waals surface area contributed by atoms with Gasteiger partial charge in [0.15, 0.2) is 5.11 Å². The van der Waals surface area contributed by atoms with Crippen molar-refractivity contribution < 1.29 is 0 Å². The highest BCUT2D eigenvalue weighted by atomic mass is 35.5. The van der Waals surface area contributed by atoms with Crippen LogP contribution < -0.4 is 10.6 Å². The first-order valence-corrected chi connectivity index (χ1v) is 7.79. The van der Waals surface area contributed by atoms with Crippen molar-refractivity contribution in [3.8, 4) is 0 Å². The van der Waals surface area contributed by atoms with Crippen molar-refractivity contribution >= 4 is 34.6 Å². The summed E-state index contributed by atoms with van der Waals surface area (Å²) in [6.07, 6.45) is 1.03. The van der Waals surface area contributed by atoms with Gasteiger partial charge in [0.1, 0.15) is 0 Å². The summed E-state index contributed by atoms with van der Waals surface area (Å²) in [5.41, 5.74) is 3.32. The second-order valence-electron chi connectivity index (χ2n) is 4.89. The SMILES string of the molecule is CCc1ccc(NC(=S)N[C@H](C)c2ccccc2Cl)cc1. The van der Waals surface area contributed by atoms with Gasteiger partial charge in [-0.3, -0.25) is 0 Å². The van der Waals surface area contributed by atoms with Crippen LogP contribution >= 0.6 is 23.8 Å². The van der Waals surface area contributed by atoms with Crippen molar-refractivity contribution in [2.75, 3.05) is 5.32 Å². The molecular formula is C17H19ClN2S. The van der Waals surface area contributed by atoms with Crippen molar-refractivity contribution in [2.24, 2.45) is 0 Å². The largest absolute Gasteiger partial charge is 0.356 e. The summed E-state index contributed by atoms with van der Waals surface area (Å²) in [4.78, 5) is 0. The van der Waals surface area contributed by atoms with Gasteiger partial charge in [0.2, 0.25) is 0 Å². The summed E-state index contributed by atoms with van der Waals surface area (Å²) < 4.78 is 0. The standard InChI is InChI=1S/C17H19ClN2S/c1-3-13-8-10-14(11-9-13)20-17(21)19-12(2)15-6-4-5-7-16(15)18/h4-12H,3H2,1-2H3,(H2,19,20,21)/t12-/m1/s1. The van der Waals surface area contributed by atoms with Gasteiger partial charge in [-0.25, -0.2) is 0 Å². The monoisotopic (exact) mass is 318 g/mol. The lowest BCUT2D eigenvalue weighted by molar-refractivity contribution is 0.723.